The van der Waals surface area contributed by atoms with Crippen LogP contribution in [0.25, 0.3) is 17.0 Å². The SMILES string of the molecule is C=Cc1cc2cc(COCC)[nH]c2cc1NS(C)(=O)=O. The minimum absolute atomic E-state index is 0.503. The second kappa shape index (κ2) is 5.68. The van der Waals surface area contributed by atoms with Crippen LogP contribution >= 0.6 is 0 Å². The van der Waals surface area contributed by atoms with Crippen LogP contribution in [0.15, 0.2) is 24.8 Å². The molecule has 1 aromatic heterocycles. The van der Waals surface area contributed by atoms with E-state index in [0.717, 1.165) is 28.4 Å². The van der Waals surface area contributed by atoms with Gasteiger partial charge in [-0.3, -0.25) is 4.72 Å². The van der Waals surface area contributed by atoms with Crippen molar-refractivity contribution in [2.75, 3.05) is 17.6 Å². The lowest BCUT2D eigenvalue weighted by atomic mass is 10.1. The van der Waals surface area contributed by atoms with Crippen LogP contribution in [-0.4, -0.2) is 26.3 Å². The van der Waals surface area contributed by atoms with Crippen LogP contribution < -0.4 is 4.72 Å². The van der Waals surface area contributed by atoms with Crippen molar-refractivity contribution in [3.8, 4) is 0 Å². The molecule has 20 heavy (non-hydrogen) atoms. The maximum Gasteiger partial charge on any atom is 0.229 e. The number of hydrogen-bond donors (Lipinski definition) is 2. The first kappa shape index (κ1) is 14.6. The zero-order valence-corrected chi connectivity index (χ0v) is 12.4. The van der Waals surface area contributed by atoms with Crippen LogP contribution in [0.2, 0.25) is 0 Å². The largest absolute Gasteiger partial charge is 0.376 e. The molecule has 0 saturated heterocycles. The number of sulfonamides is 1. The van der Waals surface area contributed by atoms with Gasteiger partial charge in [0.2, 0.25) is 10.0 Å². The van der Waals surface area contributed by atoms with E-state index in [9.17, 15) is 8.42 Å². The van der Waals surface area contributed by atoms with Gasteiger partial charge >= 0.3 is 0 Å². The third kappa shape index (κ3) is 3.40. The highest BCUT2D eigenvalue weighted by atomic mass is 32.2. The summed E-state index contributed by atoms with van der Waals surface area (Å²) in [5, 5.41) is 0.994. The monoisotopic (exact) mass is 294 g/mol. The van der Waals surface area contributed by atoms with Crippen LogP contribution in [0.4, 0.5) is 5.69 Å². The predicted molar refractivity (Wildman–Crippen MR) is 82.2 cm³/mol. The Morgan fingerprint density at radius 2 is 2.15 bits per heavy atom. The molecule has 108 valence electrons. The molecule has 0 unspecified atom stereocenters. The van der Waals surface area contributed by atoms with Crippen molar-refractivity contribution in [1.29, 1.82) is 0 Å². The van der Waals surface area contributed by atoms with E-state index in [1.54, 1.807) is 12.1 Å². The summed E-state index contributed by atoms with van der Waals surface area (Å²) in [4.78, 5) is 3.21. The molecule has 0 aliphatic heterocycles. The highest BCUT2D eigenvalue weighted by molar-refractivity contribution is 7.92. The van der Waals surface area contributed by atoms with Crippen LogP contribution in [-0.2, 0) is 21.4 Å². The highest BCUT2D eigenvalue weighted by Gasteiger charge is 2.09. The summed E-state index contributed by atoms with van der Waals surface area (Å²) in [7, 11) is -3.32. The zero-order valence-electron chi connectivity index (χ0n) is 11.6. The normalized spacial score (nSPS) is 11.7. The molecule has 2 N–H and O–H groups in total. The van der Waals surface area contributed by atoms with E-state index >= 15 is 0 Å². The summed E-state index contributed by atoms with van der Waals surface area (Å²) in [6.07, 6.45) is 2.75. The van der Waals surface area contributed by atoms with Crippen molar-refractivity contribution >= 4 is 32.7 Å². The minimum Gasteiger partial charge on any atom is -0.376 e. The van der Waals surface area contributed by atoms with Gasteiger partial charge in [-0.2, -0.15) is 0 Å². The second-order valence-electron chi connectivity index (χ2n) is 4.54. The average Bonchev–Trinajstić information content (AvgIpc) is 2.75. The number of rotatable bonds is 6. The standard InChI is InChI=1S/C14H18N2O3S/c1-4-10-6-11-7-12(9-19-5-2)15-13(11)8-14(10)16-20(3,17)18/h4,6-8,15-16H,1,5,9H2,2-3H3. The Morgan fingerprint density at radius 1 is 1.40 bits per heavy atom. The number of aromatic nitrogens is 1. The van der Waals surface area contributed by atoms with Crippen molar-refractivity contribution in [3.63, 3.8) is 0 Å². The van der Waals surface area contributed by atoms with Gasteiger partial charge in [-0.05, 0) is 30.7 Å². The zero-order chi connectivity index (χ0) is 14.8. The molecule has 5 nitrogen and oxygen atoms in total. The van der Waals surface area contributed by atoms with Crippen molar-refractivity contribution in [3.05, 3.63) is 36.0 Å². The van der Waals surface area contributed by atoms with E-state index in [0.29, 0.717) is 18.9 Å². The number of benzene rings is 1. The Morgan fingerprint density at radius 3 is 2.75 bits per heavy atom. The number of hydrogen-bond acceptors (Lipinski definition) is 3. The number of nitrogens with one attached hydrogen (secondary N) is 2. The number of anilines is 1. The lowest BCUT2D eigenvalue weighted by Gasteiger charge is -2.08. The third-order valence-electron chi connectivity index (χ3n) is 2.82. The molecular weight excluding hydrogens is 276 g/mol. The Labute approximate surface area is 118 Å². The molecule has 0 bridgehead atoms. The van der Waals surface area contributed by atoms with E-state index in [1.807, 2.05) is 19.1 Å². The summed E-state index contributed by atoms with van der Waals surface area (Å²) >= 11 is 0. The fourth-order valence-corrected chi connectivity index (χ4v) is 2.58. The van der Waals surface area contributed by atoms with Crippen LogP contribution in [0.5, 0.6) is 0 Å². The van der Waals surface area contributed by atoms with Gasteiger partial charge in [0.15, 0.2) is 0 Å². The number of ether oxygens (including phenoxy) is 1. The number of fused-ring (bicyclic) bond motifs is 1. The fourth-order valence-electron chi connectivity index (χ4n) is 2.01. The maximum atomic E-state index is 11.4. The van der Waals surface area contributed by atoms with Gasteiger partial charge in [-0.15, -0.1) is 0 Å². The maximum absolute atomic E-state index is 11.4. The smallest absolute Gasteiger partial charge is 0.229 e. The van der Waals surface area contributed by atoms with Crippen molar-refractivity contribution in [2.45, 2.75) is 13.5 Å². The average molecular weight is 294 g/mol. The minimum atomic E-state index is -3.32. The molecule has 0 atom stereocenters. The second-order valence-corrected chi connectivity index (χ2v) is 6.29. The molecule has 0 radical (unpaired) electrons. The third-order valence-corrected chi connectivity index (χ3v) is 3.41. The molecular formula is C14H18N2O3S. The molecule has 2 aromatic rings. The fraction of sp³-hybridized carbons (Fsp3) is 0.286. The van der Waals surface area contributed by atoms with Gasteiger partial charge in [0.05, 0.1) is 18.6 Å². The number of H-pyrrole nitrogens is 1. The molecule has 0 saturated carbocycles. The first-order valence-electron chi connectivity index (χ1n) is 6.26. The van der Waals surface area contributed by atoms with Gasteiger partial charge in [0.1, 0.15) is 0 Å². The van der Waals surface area contributed by atoms with Crippen molar-refractivity contribution in [1.82, 2.24) is 4.98 Å². The molecule has 0 aliphatic rings. The van der Waals surface area contributed by atoms with Crippen LogP contribution in [0.3, 0.4) is 0 Å². The van der Waals surface area contributed by atoms with Gasteiger partial charge in [-0.1, -0.05) is 12.7 Å². The molecule has 0 spiro atoms. The molecule has 0 fully saturated rings. The molecule has 1 heterocycles. The summed E-state index contributed by atoms with van der Waals surface area (Å²) in [6, 6.07) is 5.65. The van der Waals surface area contributed by atoms with Crippen LogP contribution in [0, 0.1) is 0 Å². The van der Waals surface area contributed by atoms with E-state index in [1.165, 1.54) is 0 Å². The van der Waals surface area contributed by atoms with E-state index in [2.05, 4.69) is 16.3 Å². The molecule has 0 aliphatic carbocycles. The first-order chi connectivity index (χ1) is 9.43. The van der Waals surface area contributed by atoms with E-state index in [4.69, 9.17) is 4.74 Å². The van der Waals surface area contributed by atoms with E-state index in [-0.39, 0.29) is 0 Å². The molecule has 1 aromatic carbocycles. The summed E-state index contributed by atoms with van der Waals surface area (Å²) < 4.78 is 30.6. The topological polar surface area (TPSA) is 71.2 Å². The molecule has 2 rings (SSSR count). The molecule has 0 amide bonds. The number of aromatic amines is 1. The summed E-state index contributed by atoms with van der Waals surface area (Å²) in [6.45, 7) is 6.80. The summed E-state index contributed by atoms with van der Waals surface area (Å²) in [5.74, 6) is 0. The van der Waals surface area contributed by atoms with Gasteiger partial charge in [-0.25, -0.2) is 8.42 Å². The van der Waals surface area contributed by atoms with Gasteiger partial charge in [0.25, 0.3) is 0 Å². The molecule has 6 heteroatoms. The highest BCUT2D eigenvalue weighted by Crippen LogP contribution is 2.26. The Balaban J connectivity index is 2.45. The Hall–Kier alpha value is -1.79. The Kier molecular flexibility index (Phi) is 4.15. The quantitative estimate of drug-likeness (QED) is 0.860. The Bertz CT molecular complexity index is 732. The van der Waals surface area contributed by atoms with Gasteiger partial charge in [0, 0.05) is 23.2 Å². The summed E-state index contributed by atoms with van der Waals surface area (Å²) in [5.41, 5.74) is 3.06. The van der Waals surface area contributed by atoms with Crippen molar-refractivity contribution < 1.29 is 13.2 Å². The van der Waals surface area contributed by atoms with Gasteiger partial charge < -0.3 is 9.72 Å². The van der Waals surface area contributed by atoms with Crippen molar-refractivity contribution in [2.24, 2.45) is 0 Å². The first-order valence-corrected chi connectivity index (χ1v) is 8.15. The van der Waals surface area contributed by atoms with Crippen LogP contribution in [0.1, 0.15) is 18.2 Å². The lowest BCUT2D eigenvalue weighted by Crippen LogP contribution is -2.10. The lowest BCUT2D eigenvalue weighted by molar-refractivity contribution is 0.132. The predicted octanol–water partition coefficient (Wildman–Crippen LogP) is 2.72. The van der Waals surface area contributed by atoms with E-state index < -0.39 is 10.0 Å².